The van der Waals surface area contributed by atoms with Crippen LogP contribution >= 0.6 is 11.8 Å². The number of fused-ring (bicyclic) bond motifs is 1. The van der Waals surface area contributed by atoms with Crippen molar-refractivity contribution >= 4 is 23.6 Å². The smallest absolute Gasteiger partial charge is 0.247 e. The summed E-state index contributed by atoms with van der Waals surface area (Å²) in [5.74, 6) is 0.177. The second-order valence-corrected chi connectivity index (χ2v) is 7.16. The molecule has 3 rings (SSSR count). The van der Waals surface area contributed by atoms with Gasteiger partial charge in [0.25, 0.3) is 0 Å². The number of carbonyl (C=O) groups is 2. The molecule has 3 unspecified atom stereocenters. The van der Waals surface area contributed by atoms with E-state index < -0.39 is 23.2 Å². The molecule has 0 saturated carbocycles. The van der Waals surface area contributed by atoms with Crippen LogP contribution in [0.4, 0.5) is 0 Å². The largest absolute Gasteiger partial charge is 0.368 e. The van der Waals surface area contributed by atoms with E-state index in [1.807, 2.05) is 25.8 Å². The highest BCUT2D eigenvalue weighted by Gasteiger charge is 2.64. The molecule has 2 amide bonds. The average Bonchev–Trinajstić information content (AvgIpc) is 2.92. The van der Waals surface area contributed by atoms with Crippen molar-refractivity contribution in [3.63, 3.8) is 0 Å². The molecule has 1 spiro atoms. The maximum Gasteiger partial charge on any atom is 0.247 e. The summed E-state index contributed by atoms with van der Waals surface area (Å²) in [5, 5.41) is 0.0462. The Morgan fingerprint density at radius 1 is 1.53 bits per heavy atom. The summed E-state index contributed by atoms with van der Waals surface area (Å²) in [5.41, 5.74) is 4.31. The second kappa shape index (κ2) is 3.86. The molecule has 0 aromatic heterocycles. The molecule has 106 valence electrons. The molecule has 2 N–H and O–H groups in total. The summed E-state index contributed by atoms with van der Waals surface area (Å²) in [6.45, 7) is 4.29. The van der Waals surface area contributed by atoms with E-state index in [-0.39, 0.29) is 11.3 Å². The zero-order chi connectivity index (χ0) is 14.0. The zero-order valence-corrected chi connectivity index (χ0v) is 12.2. The molecule has 19 heavy (non-hydrogen) atoms. The Labute approximate surface area is 116 Å². The van der Waals surface area contributed by atoms with Gasteiger partial charge in [-0.1, -0.05) is 0 Å². The fraction of sp³-hybridized carbons (Fsp3) is 0.833. The first kappa shape index (κ1) is 13.2. The normalized spacial score (nSPS) is 41.2. The van der Waals surface area contributed by atoms with Crippen LogP contribution in [-0.4, -0.2) is 63.7 Å². The fourth-order valence-corrected chi connectivity index (χ4v) is 4.76. The average molecular weight is 285 g/mol. The third-order valence-electron chi connectivity index (χ3n) is 4.68. The molecule has 0 aliphatic carbocycles. The maximum absolute atomic E-state index is 12.8. The minimum absolute atomic E-state index is 0.0145. The molecule has 3 fully saturated rings. The van der Waals surface area contributed by atoms with Crippen LogP contribution in [0.5, 0.6) is 0 Å². The van der Waals surface area contributed by atoms with Gasteiger partial charge in [0.1, 0.15) is 17.3 Å². The van der Waals surface area contributed by atoms with Gasteiger partial charge in [-0.3, -0.25) is 14.5 Å². The lowest BCUT2D eigenvalue weighted by molar-refractivity contribution is -0.142. The predicted molar refractivity (Wildman–Crippen MR) is 71.2 cm³/mol. The first-order chi connectivity index (χ1) is 8.79. The van der Waals surface area contributed by atoms with Gasteiger partial charge in [-0.2, -0.15) is 0 Å². The minimum atomic E-state index is -0.630. The summed E-state index contributed by atoms with van der Waals surface area (Å²) < 4.78 is 5.77. The molecule has 0 bridgehead atoms. The van der Waals surface area contributed by atoms with Crippen molar-refractivity contribution in [2.75, 3.05) is 19.4 Å². The van der Waals surface area contributed by atoms with E-state index in [0.717, 1.165) is 0 Å². The van der Waals surface area contributed by atoms with E-state index in [9.17, 15) is 9.59 Å². The molecule has 3 aliphatic rings. The van der Waals surface area contributed by atoms with Gasteiger partial charge in [-0.05, 0) is 20.9 Å². The van der Waals surface area contributed by atoms with Gasteiger partial charge in [0.2, 0.25) is 11.8 Å². The van der Waals surface area contributed by atoms with Gasteiger partial charge >= 0.3 is 0 Å². The number of rotatable bonds is 1. The Bertz CT molecular complexity index is 456. The standard InChI is InChI=1S/C12H19N3O3S/c1-11(2)14(3)12(6-18-11)4-8-15(10(12)17)7(5-19-8)9(13)16/h7-8H,4-6H2,1-3H3,(H2,13,16). The molecule has 0 aromatic carbocycles. The van der Waals surface area contributed by atoms with E-state index in [2.05, 4.69) is 0 Å². The Balaban J connectivity index is 1.93. The molecule has 3 aliphatic heterocycles. The van der Waals surface area contributed by atoms with Crippen molar-refractivity contribution in [2.24, 2.45) is 5.73 Å². The summed E-state index contributed by atoms with van der Waals surface area (Å²) in [6.07, 6.45) is 0.695. The van der Waals surface area contributed by atoms with Gasteiger partial charge in [-0.15, -0.1) is 11.8 Å². The van der Waals surface area contributed by atoms with Crippen LogP contribution in [0.25, 0.3) is 0 Å². The Kier molecular flexibility index (Phi) is 2.69. The van der Waals surface area contributed by atoms with Gasteiger partial charge in [-0.25, -0.2) is 0 Å². The van der Waals surface area contributed by atoms with Crippen LogP contribution < -0.4 is 5.73 Å². The Morgan fingerprint density at radius 2 is 2.21 bits per heavy atom. The topological polar surface area (TPSA) is 75.9 Å². The van der Waals surface area contributed by atoms with E-state index in [0.29, 0.717) is 18.8 Å². The third-order valence-corrected chi connectivity index (χ3v) is 5.97. The van der Waals surface area contributed by atoms with Crippen LogP contribution in [0.1, 0.15) is 20.3 Å². The monoisotopic (exact) mass is 285 g/mol. The van der Waals surface area contributed by atoms with Crippen LogP contribution in [-0.2, 0) is 14.3 Å². The SMILES string of the molecule is CN1C(C)(C)OCC12CC1SCC(C(N)=O)N1C2=O. The molecule has 3 heterocycles. The van der Waals surface area contributed by atoms with Crippen molar-refractivity contribution in [3.8, 4) is 0 Å². The number of likely N-dealkylation sites (N-methyl/N-ethyl adjacent to an activating group) is 1. The quantitative estimate of drug-likeness (QED) is 0.708. The number of hydrogen-bond donors (Lipinski definition) is 1. The van der Waals surface area contributed by atoms with Crippen LogP contribution in [0.3, 0.4) is 0 Å². The van der Waals surface area contributed by atoms with Crippen LogP contribution in [0.15, 0.2) is 0 Å². The van der Waals surface area contributed by atoms with E-state index in [4.69, 9.17) is 10.5 Å². The highest BCUT2D eigenvalue weighted by Crippen LogP contribution is 2.48. The van der Waals surface area contributed by atoms with Gasteiger partial charge < -0.3 is 15.4 Å². The lowest BCUT2D eigenvalue weighted by Crippen LogP contribution is -2.57. The first-order valence-corrected chi connectivity index (χ1v) is 7.46. The Hall–Kier alpha value is -0.790. The van der Waals surface area contributed by atoms with Gasteiger partial charge in [0.05, 0.1) is 12.0 Å². The summed E-state index contributed by atoms with van der Waals surface area (Å²) in [6, 6.07) is -0.473. The maximum atomic E-state index is 12.8. The molecule has 3 atom stereocenters. The highest BCUT2D eigenvalue weighted by molar-refractivity contribution is 8.00. The van der Waals surface area contributed by atoms with Crippen LogP contribution in [0, 0.1) is 0 Å². The van der Waals surface area contributed by atoms with Crippen molar-refractivity contribution in [2.45, 2.75) is 42.9 Å². The second-order valence-electron chi connectivity index (χ2n) is 5.95. The summed E-state index contributed by atoms with van der Waals surface area (Å²) in [4.78, 5) is 28.0. The number of thioether (sulfide) groups is 1. The van der Waals surface area contributed by atoms with E-state index in [1.54, 1.807) is 16.7 Å². The number of nitrogens with zero attached hydrogens (tertiary/aromatic N) is 2. The van der Waals surface area contributed by atoms with Crippen molar-refractivity contribution < 1.29 is 14.3 Å². The lowest BCUT2D eigenvalue weighted by atomic mass is 9.96. The lowest BCUT2D eigenvalue weighted by Gasteiger charge is -2.35. The van der Waals surface area contributed by atoms with Gasteiger partial charge in [0.15, 0.2) is 0 Å². The van der Waals surface area contributed by atoms with E-state index >= 15 is 0 Å². The van der Waals surface area contributed by atoms with Crippen molar-refractivity contribution in [1.29, 1.82) is 0 Å². The zero-order valence-electron chi connectivity index (χ0n) is 11.4. The number of carbonyl (C=O) groups excluding carboxylic acids is 2. The molecular formula is C12H19N3O3S. The predicted octanol–water partition coefficient (Wildman–Crippen LogP) is -0.418. The number of nitrogens with two attached hydrogens (primary N) is 1. The number of hydrogen-bond acceptors (Lipinski definition) is 5. The van der Waals surface area contributed by atoms with E-state index in [1.165, 1.54) is 0 Å². The summed E-state index contributed by atoms with van der Waals surface area (Å²) in [7, 11) is 1.91. The highest BCUT2D eigenvalue weighted by atomic mass is 32.2. The van der Waals surface area contributed by atoms with Crippen molar-refractivity contribution in [3.05, 3.63) is 0 Å². The molecule has 6 nitrogen and oxygen atoms in total. The third kappa shape index (κ3) is 1.58. The first-order valence-electron chi connectivity index (χ1n) is 6.41. The molecule has 7 heteroatoms. The molecule has 0 aromatic rings. The van der Waals surface area contributed by atoms with Crippen molar-refractivity contribution in [1.82, 2.24) is 9.80 Å². The number of amides is 2. The molecule has 3 saturated heterocycles. The number of primary amides is 1. The van der Waals surface area contributed by atoms with Crippen LogP contribution in [0.2, 0.25) is 0 Å². The molecular weight excluding hydrogens is 266 g/mol. The Morgan fingerprint density at radius 3 is 2.74 bits per heavy atom. The minimum Gasteiger partial charge on any atom is -0.368 e. The van der Waals surface area contributed by atoms with Gasteiger partial charge in [0, 0.05) is 12.2 Å². The number of ether oxygens (including phenoxy) is 1. The fourth-order valence-electron chi connectivity index (χ4n) is 3.23. The summed E-state index contributed by atoms with van der Waals surface area (Å²) >= 11 is 1.64. The molecule has 0 radical (unpaired) electrons.